The Labute approximate surface area is 86.4 Å². The summed E-state index contributed by atoms with van der Waals surface area (Å²) >= 11 is 0. The Morgan fingerprint density at radius 1 is 1.43 bits per heavy atom. The van der Waals surface area contributed by atoms with Crippen molar-refractivity contribution in [2.75, 3.05) is 13.1 Å². The highest BCUT2D eigenvalue weighted by Crippen LogP contribution is 2.14. The largest absolute Gasteiger partial charge is 0.317 e. The molecule has 0 aromatic heterocycles. The summed E-state index contributed by atoms with van der Waals surface area (Å²) in [6.45, 7) is 13.2. The van der Waals surface area contributed by atoms with Crippen LogP contribution < -0.4 is 5.32 Å². The predicted molar refractivity (Wildman–Crippen MR) is 60.9 cm³/mol. The lowest BCUT2D eigenvalue weighted by molar-refractivity contribution is 0.574. The van der Waals surface area contributed by atoms with Crippen molar-refractivity contribution in [3.63, 3.8) is 0 Å². The molecule has 0 aliphatic rings. The van der Waals surface area contributed by atoms with E-state index in [4.69, 9.17) is 0 Å². The summed E-state index contributed by atoms with van der Waals surface area (Å²) in [4.78, 5) is 0. The lowest BCUT2D eigenvalue weighted by atomic mass is 9.98. The van der Waals surface area contributed by atoms with E-state index in [1.165, 1.54) is 6.08 Å². The normalized spacial score (nSPS) is 13.1. The summed E-state index contributed by atoms with van der Waals surface area (Å²) in [5.41, 5.74) is 0.946. The fourth-order valence-electron chi connectivity index (χ4n) is 1.04. The molecule has 80 valence electrons. The molecule has 0 heterocycles. The quantitative estimate of drug-likeness (QED) is 0.488. The number of hydrogen-bond donors (Lipinski definition) is 1. The highest BCUT2D eigenvalue weighted by atomic mass is 19.1. The maximum Gasteiger partial charge on any atom is 0.116 e. The smallest absolute Gasteiger partial charge is 0.116 e. The third-order valence-electron chi connectivity index (χ3n) is 2.12. The van der Waals surface area contributed by atoms with Gasteiger partial charge in [0.2, 0.25) is 0 Å². The van der Waals surface area contributed by atoms with E-state index in [0.717, 1.165) is 25.1 Å². The van der Waals surface area contributed by atoms with Crippen LogP contribution in [0.25, 0.3) is 0 Å². The molecular formula is C12H20FN. The second kappa shape index (κ2) is 7.51. The Hall–Kier alpha value is -0.890. The van der Waals surface area contributed by atoms with Crippen LogP contribution in [0.3, 0.4) is 0 Å². The van der Waals surface area contributed by atoms with Crippen molar-refractivity contribution in [1.82, 2.24) is 5.32 Å². The topological polar surface area (TPSA) is 12.0 Å². The first-order valence-corrected chi connectivity index (χ1v) is 5.00. The molecular weight excluding hydrogens is 177 g/mol. The Balaban J connectivity index is 3.81. The van der Waals surface area contributed by atoms with Crippen LogP contribution in [0.4, 0.5) is 4.39 Å². The highest BCUT2D eigenvalue weighted by Gasteiger charge is 2.02. The van der Waals surface area contributed by atoms with Crippen molar-refractivity contribution in [3.8, 4) is 0 Å². The van der Waals surface area contributed by atoms with Crippen LogP contribution in [-0.4, -0.2) is 13.1 Å². The van der Waals surface area contributed by atoms with Gasteiger partial charge < -0.3 is 5.32 Å². The molecule has 0 saturated heterocycles. The maximum absolute atomic E-state index is 12.3. The Bertz CT molecular complexity index is 218. The van der Waals surface area contributed by atoms with Crippen molar-refractivity contribution in [3.05, 3.63) is 36.7 Å². The predicted octanol–water partition coefficient (Wildman–Crippen LogP) is 3.22. The summed E-state index contributed by atoms with van der Waals surface area (Å²) in [7, 11) is 0. The molecule has 0 amide bonds. The van der Waals surface area contributed by atoms with Crippen molar-refractivity contribution in [1.29, 1.82) is 0 Å². The summed E-state index contributed by atoms with van der Waals surface area (Å²) in [5, 5.41) is 3.24. The van der Waals surface area contributed by atoms with Crippen LogP contribution in [0.1, 0.15) is 20.3 Å². The molecule has 0 fully saturated rings. The molecule has 0 spiro atoms. The minimum atomic E-state index is -0.426. The van der Waals surface area contributed by atoms with E-state index >= 15 is 0 Å². The summed E-state index contributed by atoms with van der Waals surface area (Å²) < 4.78 is 12.3. The van der Waals surface area contributed by atoms with Gasteiger partial charge in [-0.2, -0.15) is 0 Å². The van der Waals surface area contributed by atoms with E-state index in [-0.39, 0.29) is 0 Å². The van der Waals surface area contributed by atoms with Crippen LogP contribution in [0.2, 0.25) is 0 Å². The van der Waals surface area contributed by atoms with Crippen LogP contribution in [0, 0.1) is 5.92 Å². The number of halogens is 1. The molecule has 1 atom stereocenters. The summed E-state index contributed by atoms with van der Waals surface area (Å²) in [5.74, 6) is -0.0466. The van der Waals surface area contributed by atoms with Gasteiger partial charge in [0.05, 0.1) is 0 Å². The highest BCUT2D eigenvalue weighted by molar-refractivity contribution is 5.22. The van der Waals surface area contributed by atoms with Gasteiger partial charge in [-0.3, -0.25) is 0 Å². The Morgan fingerprint density at radius 2 is 2.07 bits per heavy atom. The SMILES string of the molecule is C=C(F)/C=C\C(=C)C(C)CCNCC. The molecule has 1 nitrogen and oxygen atoms in total. The van der Waals surface area contributed by atoms with Gasteiger partial charge in [0.25, 0.3) is 0 Å². The average Bonchev–Trinajstić information content (AvgIpc) is 2.14. The van der Waals surface area contributed by atoms with E-state index in [9.17, 15) is 4.39 Å². The van der Waals surface area contributed by atoms with E-state index in [0.29, 0.717) is 5.92 Å². The third kappa shape index (κ3) is 6.61. The molecule has 0 bridgehead atoms. The standard InChI is InChI=1S/C12H20FN/c1-5-14-9-8-11(3)10(2)6-7-12(4)13/h6-7,11,14H,2,4-5,8-9H2,1,3H3/b7-6-. The van der Waals surface area contributed by atoms with Gasteiger partial charge in [-0.1, -0.05) is 38.7 Å². The fourth-order valence-corrected chi connectivity index (χ4v) is 1.04. The van der Waals surface area contributed by atoms with Crippen molar-refractivity contribution >= 4 is 0 Å². The second-order valence-corrected chi connectivity index (χ2v) is 3.40. The summed E-state index contributed by atoms with van der Waals surface area (Å²) in [6, 6.07) is 0. The second-order valence-electron chi connectivity index (χ2n) is 3.40. The first-order chi connectivity index (χ1) is 6.57. The maximum atomic E-state index is 12.3. The number of allylic oxidation sites excluding steroid dienone is 4. The van der Waals surface area contributed by atoms with E-state index in [1.807, 2.05) is 0 Å². The van der Waals surface area contributed by atoms with Crippen LogP contribution >= 0.6 is 0 Å². The van der Waals surface area contributed by atoms with E-state index in [2.05, 4.69) is 32.3 Å². The van der Waals surface area contributed by atoms with Crippen molar-refractivity contribution in [2.45, 2.75) is 20.3 Å². The molecule has 0 aromatic carbocycles. The average molecular weight is 197 g/mol. The molecule has 2 heteroatoms. The molecule has 0 saturated carbocycles. The minimum Gasteiger partial charge on any atom is -0.317 e. The zero-order valence-corrected chi connectivity index (χ0v) is 9.15. The van der Waals surface area contributed by atoms with Crippen LogP contribution in [-0.2, 0) is 0 Å². The number of rotatable bonds is 7. The number of hydrogen-bond acceptors (Lipinski definition) is 1. The fraction of sp³-hybridized carbons (Fsp3) is 0.500. The van der Waals surface area contributed by atoms with Gasteiger partial charge in [0.15, 0.2) is 0 Å². The molecule has 1 unspecified atom stereocenters. The van der Waals surface area contributed by atoms with Gasteiger partial charge in [-0.15, -0.1) is 0 Å². The minimum absolute atomic E-state index is 0.379. The lowest BCUT2D eigenvalue weighted by Gasteiger charge is -2.11. The molecule has 0 aromatic rings. The Kier molecular flexibility index (Phi) is 7.03. The molecule has 0 aliphatic heterocycles. The molecule has 0 aliphatic carbocycles. The van der Waals surface area contributed by atoms with Crippen molar-refractivity contribution in [2.24, 2.45) is 5.92 Å². The zero-order valence-electron chi connectivity index (χ0n) is 9.15. The molecule has 1 N–H and O–H groups in total. The van der Waals surface area contributed by atoms with Gasteiger partial charge in [-0.25, -0.2) is 4.39 Å². The lowest BCUT2D eigenvalue weighted by Crippen LogP contribution is -2.16. The molecule has 14 heavy (non-hydrogen) atoms. The monoisotopic (exact) mass is 197 g/mol. The van der Waals surface area contributed by atoms with Crippen LogP contribution in [0.15, 0.2) is 36.7 Å². The van der Waals surface area contributed by atoms with Crippen LogP contribution in [0.5, 0.6) is 0 Å². The number of nitrogens with one attached hydrogen (secondary N) is 1. The first kappa shape index (κ1) is 13.1. The third-order valence-corrected chi connectivity index (χ3v) is 2.12. The van der Waals surface area contributed by atoms with Crippen molar-refractivity contribution < 1.29 is 4.39 Å². The van der Waals surface area contributed by atoms with Gasteiger partial charge >= 0.3 is 0 Å². The first-order valence-electron chi connectivity index (χ1n) is 5.00. The van der Waals surface area contributed by atoms with E-state index < -0.39 is 5.83 Å². The van der Waals surface area contributed by atoms with Gasteiger partial charge in [-0.05, 0) is 31.5 Å². The zero-order chi connectivity index (χ0) is 11.0. The molecule has 0 rings (SSSR count). The van der Waals surface area contributed by atoms with Gasteiger partial charge in [0, 0.05) is 0 Å². The van der Waals surface area contributed by atoms with Gasteiger partial charge in [0.1, 0.15) is 5.83 Å². The summed E-state index contributed by atoms with van der Waals surface area (Å²) in [6.07, 6.45) is 4.07. The molecule has 0 radical (unpaired) electrons. The van der Waals surface area contributed by atoms with E-state index in [1.54, 1.807) is 6.08 Å². The Morgan fingerprint density at radius 3 is 2.57 bits per heavy atom.